The molecule has 0 aliphatic carbocycles. The fraction of sp³-hybridized carbons (Fsp3) is 0.417. The lowest BCUT2D eigenvalue weighted by molar-refractivity contribution is 0.0995. The second kappa shape index (κ2) is 5.80. The summed E-state index contributed by atoms with van der Waals surface area (Å²) < 4.78 is 0. The van der Waals surface area contributed by atoms with Crippen LogP contribution in [0.2, 0.25) is 0 Å². The Hall–Kier alpha value is -0.150. The van der Waals surface area contributed by atoms with Gasteiger partial charge in [0.05, 0.1) is 4.83 Å². The average Bonchev–Trinajstić information content (AvgIpc) is 2.26. The van der Waals surface area contributed by atoms with Crippen LogP contribution in [0.1, 0.15) is 35.3 Å². The van der Waals surface area contributed by atoms with Gasteiger partial charge in [0, 0.05) is 10.9 Å². The summed E-state index contributed by atoms with van der Waals surface area (Å²) in [5.41, 5.74) is 3.19. The molecule has 82 valence electrons. The van der Waals surface area contributed by atoms with Gasteiger partial charge in [0.25, 0.3) is 0 Å². The summed E-state index contributed by atoms with van der Waals surface area (Å²) in [7, 11) is 0. The molecule has 0 radical (unpaired) electrons. The first kappa shape index (κ1) is 12.9. The third kappa shape index (κ3) is 2.91. The second-order valence-corrected chi connectivity index (χ2v) is 5.34. The second-order valence-electron chi connectivity index (χ2n) is 3.41. The summed E-state index contributed by atoms with van der Waals surface area (Å²) in [4.78, 5) is 11.8. The summed E-state index contributed by atoms with van der Waals surface area (Å²) in [5, 5.41) is 0.734. The van der Waals surface area contributed by atoms with Gasteiger partial charge in [0.15, 0.2) is 5.78 Å². The molecule has 0 aliphatic heterocycles. The number of aryl methyl sites for hydroxylation is 1. The van der Waals surface area contributed by atoms with Crippen molar-refractivity contribution in [1.29, 1.82) is 0 Å². The van der Waals surface area contributed by atoms with E-state index in [0.29, 0.717) is 0 Å². The van der Waals surface area contributed by atoms with Crippen molar-refractivity contribution in [3.05, 3.63) is 34.9 Å². The maximum atomic E-state index is 11.9. The highest BCUT2D eigenvalue weighted by Gasteiger charge is 2.16. The molecule has 0 bridgehead atoms. The van der Waals surface area contributed by atoms with Crippen LogP contribution in [0.15, 0.2) is 18.2 Å². The van der Waals surface area contributed by atoms with Crippen LogP contribution in [-0.2, 0) is 11.8 Å². The predicted octanol–water partition coefficient (Wildman–Crippen LogP) is 4.11. The van der Waals surface area contributed by atoms with Gasteiger partial charge >= 0.3 is 0 Å². The third-order valence-corrected chi connectivity index (χ3v) is 3.39. The molecule has 0 aromatic heterocycles. The molecule has 1 aromatic rings. The van der Waals surface area contributed by atoms with E-state index < -0.39 is 0 Å². The zero-order valence-corrected chi connectivity index (χ0v) is 12.1. The highest BCUT2D eigenvalue weighted by molar-refractivity contribution is 9.10. The van der Waals surface area contributed by atoms with E-state index in [1.807, 2.05) is 19.1 Å². The maximum absolute atomic E-state index is 11.9. The van der Waals surface area contributed by atoms with Gasteiger partial charge in [-0.25, -0.2) is 0 Å². The van der Waals surface area contributed by atoms with Crippen LogP contribution in [0.3, 0.4) is 0 Å². The topological polar surface area (TPSA) is 17.1 Å². The fourth-order valence-corrected chi connectivity index (χ4v) is 2.48. The Morgan fingerprint density at radius 2 is 2.13 bits per heavy atom. The minimum absolute atomic E-state index is 0.123. The van der Waals surface area contributed by atoms with Crippen molar-refractivity contribution in [2.24, 2.45) is 0 Å². The highest BCUT2D eigenvalue weighted by Crippen LogP contribution is 2.21. The summed E-state index contributed by atoms with van der Waals surface area (Å²) >= 11 is 6.77. The summed E-state index contributed by atoms with van der Waals surface area (Å²) in [5.74, 6) is 0.153. The normalized spacial score (nSPS) is 12.5. The van der Waals surface area contributed by atoms with Gasteiger partial charge < -0.3 is 0 Å². The largest absolute Gasteiger partial charge is 0.293 e. The van der Waals surface area contributed by atoms with Crippen LogP contribution in [-0.4, -0.2) is 10.6 Å². The SMILES string of the molecule is CCc1cccc(C(=O)C(C)Br)c1CBr. The first-order valence-electron chi connectivity index (χ1n) is 4.96. The minimum Gasteiger partial charge on any atom is -0.293 e. The van der Waals surface area contributed by atoms with Gasteiger partial charge in [-0.2, -0.15) is 0 Å². The number of carbonyl (C=O) groups excluding carboxylic acids is 1. The number of ketones is 1. The quantitative estimate of drug-likeness (QED) is 0.598. The van der Waals surface area contributed by atoms with Crippen molar-refractivity contribution in [2.45, 2.75) is 30.4 Å². The third-order valence-electron chi connectivity index (χ3n) is 2.41. The van der Waals surface area contributed by atoms with Crippen molar-refractivity contribution in [3.8, 4) is 0 Å². The first-order chi connectivity index (χ1) is 7.11. The molecule has 1 aromatic carbocycles. The van der Waals surface area contributed by atoms with Crippen LogP contribution >= 0.6 is 31.9 Å². The number of alkyl halides is 2. The van der Waals surface area contributed by atoms with Gasteiger partial charge in [-0.1, -0.05) is 57.0 Å². The first-order valence-corrected chi connectivity index (χ1v) is 7.00. The van der Waals surface area contributed by atoms with Crippen LogP contribution in [0.5, 0.6) is 0 Å². The molecule has 0 fully saturated rings. The zero-order chi connectivity index (χ0) is 11.4. The molecule has 1 nitrogen and oxygen atoms in total. The monoisotopic (exact) mass is 332 g/mol. The number of halogens is 2. The Labute approximate surface area is 108 Å². The molecule has 0 N–H and O–H groups in total. The lowest BCUT2D eigenvalue weighted by Gasteiger charge is -2.11. The summed E-state index contributed by atoms with van der Waals surface area (Å²) in [6, 6.07) is 5.93. The van der Waals surface area contributed by atoms with Crippen molar-refractivity contribution in [2.75, 3.05) is 0 Å². The molecule has 0 saturated carbocycles. The minimum atomic E-state index is -0.123. The van der Waals surface area contributed by atoms with Crippen LogP contribution in [0.25, 0.3) is 0 Å². The maximum Gasteiger partial charge on any atom is 0.176 e. The molecule has 1 rings (SSSR count). The molecule has 1 unspecified atom stereocenters. The Balaban J connectivity index is 3.23. The number of benzene rings is 1. The van der Waals surface area contributed by atoms with E-state index in [-0.39, 0.29) is 10.6 Å². The van der Waals surface area contributed by atoms with Crippen LogP contribution in [0.4, 0.5) is 0 Å². The molecule has 0 amide bonds. The van der Waals surface area contributed by atoms with Crippen molar-refractivity contribution in [3.63, 3.8) is 0 Å². The van der Waals surface area contributed by atoms with Gasteiger partial charge in [0.2, 0.25) is 0 Å². The average molecular weight is 334 g/mol. The van der Waals surface area contributed by atoms with Gasteiger partial charge in [-0.15, -0.1) is 0 Å². The number of Topliss-reactive ketones (excluding diaryl/α,β-unsaturated/α-hetero) is 1. The smallest absolute Gasteiger partial charge is 0.176 e. The number of carbonyl (C=O) groups is 1. The van der Waals surface area contributed by atoms with E-state index in [1.165, 1.54) is 5.56 Å². The molecule has 3 heteroatoms. The zero-order valence-electron chi connectivity index (χ0n) is 8.89. The van der Waals surface area contributed by atoms with Gasteiger partial charge in [0.1, 0.15) is 0 Å². The van der Waals surface area contributed by atoms with Crippen molar-refractivity contribution in [1.82, 2.24) is 0 Å². The predicted molar refractivity (Wildman–Crippen MR) is 71.2 cm³/mol. The van der Waals surface area contributed by atoms with E-state index in [9.17, 15) is 4.79 Å². The molecular weight excluding hydrogens is 320 g/mol. The molecule has 0 spiro atoms. The van der Waals surface area contributed by atoms with Crippen molar-refractivity contribution < 1.29 is 4.79 Å². The van der Waals surface area contributed by atoms with Gasteiger partial charge in [-0.05, 0) is 24.5 Å². The van der Waals surface area contributed by atoms with Crippen molar-refractivity contribution >= 4 is 37.6 Å². The van der Waals surface area contributed by atoms with E-state index in [2.05, 4.69) is 44.8 Å². The number of hydrogen-bond acceptors (Lipinski definition) is 1. The molecule has 1 atom stereocenters. The molecule has 0 aliphatic rings. The lowest BCUT2D eigenvalue weighted by atomic mass is 9.97. The molecule has 0 saturated heterocycles. The Kier molecular flexibility index (Phi) is 5.00. The van der Waals surface area contributed by atoms with E-state index in [1.54, 1.807) is 0 Å². The Bertz CT molecular complexity index is 359. The number of hydrogen-bond donors (Lipinski definition) is 0. The van der Waals surface area contributed by atoms with Gasteiger partial charge in [-0.3, -0.25) is 4.79 Å². The van der Waals surface area contributed by atoms with Crippen LogP contribution in [0, 0.1) is 0 Å². The van der Waals surface area contributed by atoms with E-state index in [4.69, 9.17) is 0 Å². The Morgan fingerprint density at radius 3 is 2.60 bits per heavy atom. The molecule has 0 heterocycles. The molecular formula is C12H14Br2O. The Morgan fingerprint density at radius 1 is 1.47 bits per heavy atom. The van der Waals surface area contributed by atoms with E-state index >= 15 is 0 Å². The number of rotatable bonds is 4. The summed E-state index contributed by atoms with van der Waals surface area (Å²) in [6.45, 7) is 3.96. The highest BCUT2D eigenvalue weighted by atomic mass is 79.9. The lowest BCUT2D eigenvalue weighted by Crippen LogP contribution is -2.13. The standard InChI is InChI=1S/C12H14Br2O/c1-3-9-5-4-6-10(11(9)7-13)12(15)8(2)14/h4-6,8H,3,7H2,1-2H3. The van der Waals surface area contributed by atoms with Crippen LogP contribution < -0.4 is 0 Å². The van der Waals surface area contributed by atoms with E-state index in [0.717, 1.165) is 22.9 Å². The fourth-order valence-electron chi connectivity index (χ4n) is 1.57. The molecule has 15 heavy (non-hydrogen) atoms. The summed E-state index contributed by atoms with van der Waals surface area (Å²) in [6.07, 6.45) is 0.957.